The fourth-order valence-corrected chi connectivity index (χ4v) is 3.36. The summed E-state index contributed by atoms with van der Waals surface area (Å²) in [6.07, 6.45) is 3.34. The molecule has 96 valence electrons. The van der Waals surface area contributed by atoms with Crippen molar-refractivity contribution >= 4 is 33.2 Å². The molecule has 1 fully saturated rings. The van der Waals surface area contributed by atoms with Gasteiger partial charge in [-0.3, -0.25) is 4.79 Å². The van der Waals surface area contributed by atoms with Crippen molar-refractivity contribution in [3.05, 3.63) is 22.7 Å². The lowest BCUT2D eigenvalue weighted by Crippen LogP contribution is -2.52. The lowest BCUT2D eigenvalue weighted by molar-refractivity contribution is -0.118. The van der Waals surface area contributed by atoms with E-state index in [1.54, 1.807) is 0 Å². The average Bonchev–Trinajstić information content (AvgIpc) is 2.39. The van der Waals surface area contributed by atoms with Gasteiger partial charge in [-0.25, -0.2) is 0 Å². The molecule has 18 heavy (non-hydrogen) atoms. The number of fused-ring (bicyclic) bond motifs is 3. The second-order valence-corrected chi connectivity index (χ2v) is 6.07. The van der Waals surface area contributed by atoms with E-state index in [-0.39, 0.29) is 11.9 Å². The van der Waals surface area contributed by atoms with Gasteiger partial charge >= 0.3 is 0 Å². The molecule has 1 aromatic rings. The fourth-order valence-electron chi connectivity index (χ4n) is 3.01. The molecule has 0 radical (unpaired) electrons. The number of anilines is 2. The van der Waals surface area contributed by atoms with Crippen LogP contribution in [0.15, 0.2) is 22.7 Å². The smallest absolute Gasteiger partial charge is 0.247 e. The number of hydrogen-bond acceptors (Lipinski definition) is 2. The van der Waals surface area contributed by atoms with E-state index in [1.807, 2.05) is 12.1 Å². The van der Waals surface area contributed by atoms with Crippen molar-refractivity contribution in [2.24, 2.45) is 5.92 Å². The summed E-state index contributed by atoms with van der Waals surface area (Å²) in [6.45, 7) is 3.20. The van der Waals surface area contributed by atoms with Crippen LogP contribution in [0.1, 0.15) is 26.2 Å². The Morgan fingerprint density at radius 3 is 3.11 bits per heavy atom. The Kier molecular flexibility index (Phi) is 3.06. The van der Waals surface area contributed by atoms with Crippen molar-refractivity contribution in [2.75, 3.05) is 16.8 Å². The zero-order valence-electron chi connectivity index (χ0n) is 10.4. The minimum absolute atomic E-state index is 0.0190. The highest BCUT2D eigenvalue weighted by atomic mass is 79.9. The summed E-state index contributed by atoms with van der Waals surface area (Å²) in [7, 11) is 0. The van der Waals surface area contributed by atoms with Crippen molar-refractivity contribution in [2.45, 2.75) is 32.2 Å². The van der Waals surface area contributed by atoms with E-state index in [9.17, 15) is 4.79 Å². The second kappa shape index (κ2) is 4.57. The minimum atomic E-state index is 0.0190. The third kappa shape index (κ3) is 1.92. The van der Waals surface area contributed by atoms with E-state index in [4.69, 9.17) is 0 Å². The van der Waals surface area contributed by atoms with Crippen molar-refractivity contribution in [3.8, 4) is 0 Å². The summed E-state index contributed by atoms with van der Waals surface area (Å²) in [6, 6.07) is 6.07. The van der Waals surface area contributed by atoms with Gasteiger partial charge in [0.05, 0.1) is 11.4 Å². The molecule has 2 atom stereocenters. The van der Waals surface area contributed by atoms with Gasteiger partial charge in [-0.1, -0.05) is 29.3 Å². The Morgan fingerprint density at radius 1 is 1.50 bits per heavy atom. The Balaban J connectivity index is 1.97. The number of nitrogens with one attached hydrogen (secondary N) is 1. The zero-order valence-corrected chi connectivity index (χ0v) is 12.0. The SMILES string of the molecule is CCC1CCN2c3cc(Br)ccc3NC(=O)C2C1. The predicted molar refractivity (Wildman–Crippen MR) is 76.9 cm³/mol. The van der Waals surface area contributed by atoms with E-state index in [0.29, 0.717) is 5.92 Å². The lowest BCUT2D eigenvalue weighted by atomic mass is 9.87. The maximum Gasteiger partial charge on any atom is 0.247 e. The molecule has 0 aromatic heterocycles. The molecule has 3 nitrogen and oxygen atoms in total. The summed E-state index contributed by atoms with van der Waals surface area (Å²) in [5, 5.41) is 3.03. The Morgan fingerprint density at radius 2 is 2.33 bits per heavy atom. The van der Waals surface area contributed by atoms with Gasteiger partial charge < -0.3 is 10.2 Å². The van der Waals surface area contributed by atoms with Crippen LogP contribution in [0, 0.1) is 5.92 Å². The highest BCUT2D eigenvalue weighted by molar-refractivity contribution is 9.10. The average molecular weight is 309 g/mol. The van der Waals surface area contributed by atoms with Gasteiger partial charge in [0, 0.05) is 11.0 Å². The van der Waals surface area contributed by atoms with Crippen LogP contribution < -0.4 is 10.2 Å². The van der Waals surface area contributed by atoms with Gasteiger partial charge in [0.2, 0.25) is 5.91 Å². The number of halogens is 1. The van der Waals surface area contributed by atoms with Crippen molar-refractivity contribution < 1.29 is 4.79 Å². The van der Waals surface area contributed by atoms with E-state index in [2.05, 4.69) is 39.1 Å². The summed E-state index contributed by atoms with van der Waals surface area (Å²) in [4.78, 5) is 14.4. The first-order chi connectivity index (χ1) is 8.69. The molecule has 3 rings (SSSR count). The van der Waals surface area contributed by atoms with Crippen molar-refractivity contribution in [1.29, 1.82) is 0 Å². The first-order valence-electron chi connectivity index (χ1n) is 6.56. The van der Waals surface area contributed by atoms with Crippen LogP contribution in [0.3, 0.4) is 0 Å². The molecule has 2 aliphatic heterocycles. The Labute approximate surface area is 116 Å². The number of amides is 1. The van der Waals surface area contributed by atoms with Gasteiger partial charge in [-0.2, -0.15) is 0 Å². The van der Waals surface area contributed by atoms with Crippen LogP contribution in [0.5, 0.6) is 0 Å². The standard InChI is InChI=1S/C14H17BrN2O/c1-2-9-5-6-17-12-8-10(15)3-4-11(12)16-14(18)13(17)7-9/h3-4,8-9,13H,2,5-7H2,1H3,(H,16,18). The highest BCUT2D eigenvalue weighted by Crippen LogP contribution is 2.39. The largest absolute Gasteiger partial charge is 0.358 e. The van der Waals surface area contributed by atoms with Crippen LogP contribution in [0.2, 0.25) is 0 Å². The molecule has 2 aliphatic rings. The van der Waals surface area contributed by atoms with E-state index in [0.717, 1.165) is 28.8 Å². The minimum Gasteiger partial charge on any atom is -0.358 e. The second-order valence-electron chi connectivity index (χ2n) is 5.16. The Hall–Kier alpha value is -1.03. The summed E-state index contributed by atoms with van der Waals surface area (Å²) < 4.78 is 1.06. The quantitative estimate of drug-likeness (QED) is 0.862. The topological polar surface area (TPSA) is 32.3 Å². The third-order valence-electron chi connectivity index (χ3n) is 4.12. The normalized spacial score (nSPS) is 26.3. The van der Waals surface area contributed by atoms with Gasteiger partial charge in [-0.05, 0) is 37.0 Å². The van der Waals surface area contributed by atoms with E-state index >= 15 is 0 Å². The third-order valence-corrected chi connectivity index (χ3v) is 4.61. The molecule has 1 amide bonds. The van der Waals surface area contributed by atoms with E-state index < -0.39 is 0 Å². The number of carbonyl (C=O) groups excluding carboxylic acids is 1. The lowest BCUT2D eigenvalue weighted by Gasteiger charge is -2.43. The van der Waals surface area contributed by atoms with Crippen molar-refractivity contribution in [1.82, 2.24) is 0 Å². The number of hydrogen-bond donors (Lipinski definition) is 1. The van der Waals surface area contributed by atoms with Crippen LogP contribution in [0.25, 0.3) is 0 Å². The zero-order chi connectivity index (χ0) is 12.7. The maximum absolute atomic E-state index is 12.2. The van der Waals surface area contributed by atoms with Crippen LogP contribution in [-0.2, 0) is 4.79 Å². The van der Waals surface area contributed by atoms with Gasteiger partial charge in [0.15, 0.2) is 0 Å². The monoisotopic (exact) mass is 308 g/mol. The fraction of sp³-hybridized carbons (Fsp3) is 0.500. The number of benzene rings is 1. The highest BCUT2D eigenvalue weighted by Gasteiger charge is 2.37. The molecule has 1 aromatic carbocycles. The summed E-state index contributed by atoms with van der Waals surface area (Å²) in [5.74, 6) is 0.841. The van der Waals surface area contributed by atoms with Gasteiger partial charge in [0.1, 0.15) is 6.04 Å². The van der Waals surface area contributed by atoms with Crippen LogP contribution in [-0.4, -0.2) is 18.5 Å². The molecule has 0 bridgehead atoms. The molecule has 4 heteroatoms. The number of carbonyl (C=O) groups is 1. The molecule has 1 saturated heterocycles. The number of nitrogens with zero attached hydrogens (tertiary/aromatic N) is 1. The summed E-state index contributed by atoms with van der Waals surface area (Å²) in [5.41, 5.74) is 2.10. The first kappa shape index (κ1) is 12.0. The Bertz CT molecular complexity index is 489. The molecular formula is C14H17BrN2O. The first-order valence-corrected chi connectivity index (χ1v) is 7.35. The van der Waals surface area contributed by atoms with Crippen LogP contribution in [0.4, 0.5) is 11.4 Å². The molecule has 2 unspecified atom stereocenters. The molecule has 0 aliphatic carbocycles. The maximum atomic E-state index is 12.2. The van der Waals surface area contributed by atoms with Crippen molar-refractivity contribution in [3.63, 3.8) is 0 Å². The molecule has 1 N–H and O–H groups in total. The molecular weight excluding hydrogens is 292 g/mol. The molecule has 0 saturated carbocycles. The predicted octanol–water partition coefficient (Wildman–Crippen LogP) is 3.40. The molecule has 0 spiro atoms. The summed E-state index contributed by atoms with van der Waals surface area (Å²) >= 11 is 3.51. The van der Waals surface area contributed by atoms with Gasteiger partial charge in [-0.15, -0.1) is 0 Å². The van der Waals surface area contributed by atoms with E-state index in [1.165, 1.54) is 12.8 Å². The van der Waals surface area contributed by atoms with Crippen LogP contribution >= 0.6 is 15.9 Å². The number of rotatable bonds is 1. The number of piperidine rings is 1. The van der Waals surface area contributed by atoms with Gasteiger partial charge in [0.25, 0.3) is 0 Å². The molecule has 2 heterocycles.